The van der Waals surface area contributed by atoms with E-state index in [4.69, 9.17) is 23.1 Å². The molecule has 2 aliphatic carbocycles. The highest BCUT2D eigenvalue weighted by molar-refractivity contribution is 6.20. The fraction of sp³-hybridized carbons (Fsp3) is 0.867. The molecule has 2 rings (SSSR count). The van der Waals surface area contributed by atoms with Crippen LogP contribution in [0.15, 0.2) is 0 Å². The van der Waals surface area contributed by atoms with Crippen molar-refractivity contribution in [3.63, 3.8) is 0 Å². The van der Waals surface area contributed by atoms with E-state index in [2.05, 4.69) is 6.92 Å². The molecule has 4 nitrogen and oxygen atoms in total. The second-order valence-corrected chi connectivity index (χ2v) is 7.37. The molecule has 0 radical (unpaired) electrons. The van der Waals surface area contributed by atoms with Crippen molar-refractivity contribution >= 4 is 23.4 Å². The SMILES string of the molecule is CC1CCC(C(N)=O)(C2(C(N)=O)CCC(Cl)CC2)CC1. The van der Waals surface area contributed by atoms with Gasteiger partial charge in [-0.1, -0.05) is 6.92 Å². The molecule has 0 unspecified atom stereocenters. The van der Waals surface area contributed by atoms with E-state index >= 15 is 0 Å². The first-order valence-electron chi connectivity index (χ1n) is 7.58. The summed E-state index contributed by atoms with van der Waals surface area (Å²) in [6, 6.07) is 0. The van der Waals surface area contributed by atoms with Gasteiger partial charge in [0, 0.05) is 5.38 Å². The number of amides is 2. The molecule has 0 atom stereocenters. The van der Waals surface area contributed by atoms with Crippen molar-refractivity contribution in [1.82, 2.24) is 0 Å². The van der Waals surface area contributed by atoms with Crippen molar-refractivity contribution in [3.8, 4) is 0 Å². The number of hydrogen-bond acceptors (Lipinski definition) is 2. The van der Waals surface area contributed by atoms with Crippen LogP contribution in [-0.2, 0) is 9.59 Å². The Morgan fingerprint density at radius 2 is 1.25 bits per heavy atom. The summed E-state index contributed by atoms with van der Waals surface area (Å²) in [6.45, 7) is 2.18. The zero-order chi connectivity index (χ0) is 15.0. The number of carbonyl (C=O) groups is 2. The average Bonchev–Trinajstić information content (AvgIpc) is 2.40. The van der Waals surface area contributed by atoms with Crippen LogP contribution in [0.5, 0.6) is 0 Å². The molecule has 0 saturated heterocycles. The molecule has 0 heterocycles. The van der Waals surface area contributed by atoms with Gasteiger partial charge in [0.05, 0.1) is 10.8 Å². The van der Waals surface area contributed by atoms with E-state index in [1.165, 1.54) is 0 Å². The highest BCUT2D eigenvalue weighted by Crippen LogP contribution is 2.57. The van der Waals surface area contributed by atoms with Crippen molar-refractivity contribution in [3.05, 3.63) is 0 Å². The Balaban J connectivity index is 2.39. The minimum atomic E-state index is -0.787. The monoisotopic (exact) mass is 300 g/mol. The van der Waals surface area contributed by atoms with E-state index in [-0.39, 0.29) is 17.2 Å². The minimum absolute atomic E-state index is 0.0786. The maximum atomic E-state index is 12.3. The zero-order valence-electron chi connectivity index (χ0n) is 12.2. The van der Waals surface area contributed by atoms with E-state index in [0.717, 1.165) is 25.7 Å². The van der Waals surface area contributed by atoms with Gasteiger partial charge in [-0.3, -0.25) is 9.59 Å². The van der Waals surface area contributed by atoms with E-state index in [0.29, 0.717) is 31.6 Å². The van der Waals surface area contributed by atoms with Gasteiger partial charge >= 0.3 is 0 Å². The molecule has 2 aliphatic rings. The third-order valence-electron chi connectivity index (χ3n) is 5.76. The third kappa shape index (κ3) is 2.32. The smallest absolute Gasteiger partial charge is 0.224 e. The van der Waals surface area contributed by atoms with E-state index in [1.807, 2.05) is 0 Å². The minimum Gasteiger partial charge on any atom is -0.369 e. The zero-order valence-corrected chi connectivity index (χ0v) is 12.9. The van der Waals surface area contributed by atoms with Gasteiger partial charge in [-0.05, 0) is 57.3 Å². The van der Waals surface area contributed by atoms with Crippen LogP contribution in [0, 0.1) is 16.7 Å². The number of halogens is 1. The summed E-state index contributed by atoms with van der Waals surface area (Å²) in [5, 5.41) is 0.0786. The Bertz CT molecular complexity index is 357. The van der Waals surface area contributed by atoms with Gasteiger partial charge in [-0.25, -0.2) is 0 Å². The van der Waals surface area contributed by atoms with Crippen LogP contribution in [0.4, 0.5) is 0 Å². The van der Waals surface area contributed by atoms with Crippen molar-refractivity contribution < 1.29 is 9.59 Å². The van der Waals surface area contributed by atoms with Crippen LogP contribution in [0.25, 0.3) is 0 Å². The van der Waals surface area contributed by atoms with Gasteiger partial charge < -0.3 is 11.5 Å². The Kier molecular flexibility index (Phi) is 4.33. The van der Waals surface area contributed by atoms with Crippen LogP contribution >= 0.6 is 11.6 Å². The predicted octanol–water partition coefficient (Wildman–Crippen LogP) is 2.32. The lowest BCUT2D eigenvalue weighted by Crippen LogP contribution is -2.59. The van der Waals surface area contributed by atoms with Gasteiger partial charge in [-0.15, -0.1) is 11.6 Å². The molecule has 2 saturated carbocycles. The number of primary amides is 2. The second kappa shape index (κ2) is 5.55. The predicted molar refractivity (Wildman–Crippen MR) is 79.0 cm³/mol. The summed E-state index contributed by atoms with van der Waals surface area (Å²) in [7, 11) is 0. The lowest BCUT2D eigenvalue weighted by atomic mass is 9.50. The summed E-state index contributed by atoms with van der Waals surface area (Å²) in [5.41, 5.74) is 9.95. The van der Waals surface area contributed by atoms with E-state index in [9.17, 15) is 9.59 Å². The van der Waals surface area contributed by atoms with Gasteiger partial charge in [0.1, 0.15) is 0 Å². The lowest BCUT2D eigenvalue weighted by molar-refractivity contribution is -0.157. The van der Waals surface area contributed by atoms with Crippen molar-refractivity contribution in [2.45, 2.75) is 63.7 Å². The first kappa shape index (κ1) is 15.6. The normalized spacial score (nSPS) is 42.1. The van der Waals surface area contributed by atoms with Crippen LogP contribution in [0.3, 0.4) is 0 Å². The van der Waals surface area contributed by atoms with Gasteiger partial charge in [0.15, 0.2) is 0 Å². The first-order valence-corrected chi connectivity index (χ1v) is 8.01. The topological polar surface area (TPSA) is 86.2 Å². The van der Waals surface area contributed by atoms with Crippen LogP contribution < -0.4 is 11.5 Å². The van der Waals surface area contributed by atoms with Crippen LogP contribution in [-0.4, -0.2) is 17.2 Å². The molecule has 0 aromatic heterocycles. The average molecular weight is 301 g/mol. The summed E-state index contributed by atoms with van der Waals surface area (Å²) in [5.74, 6) is -0.137. The molecule has 5 heteroatoms. The Labute approximate surface area is 125 Å². The summed E-state index contributed by atoms with van der Waals surface area (Å²) >= 11 is 6.17. The molecule has 2 fully saturated rings. The second-order valence-electron chi connectivity index (χ2n) is 6.75. The van der Waals surface area contributed by atoms with Crippen LogP contribution in [0.2, 0.25) is 0 Å². The number of rotatable bonds is 3. The maximum absolute atomic E-state index is 12.3. The van der Waals surface area contributed by atoms with Crippen LogP contribution in [0.1, 0.15) is 58.3 Å². The molecule has 0 spiro atoms. The summed E-state index contributed by atoms with van der Waals surface area (Å²) in [6.07, 6.45) is 5.87. The fourth-order valence-corrected chi connectivity index (χ4v) is 4.47. The molecular weight excluding hydrogens is 276 g/mol. The van der Waals surface area contributed by atoms with Gasteiger partial charge in [0.2, 0.25) is 11.8 Å². The standard InChI is InChI=1S/C15H25ClN2O2/c1-10-2-6-14(7-3-10,12(17)19)15(13(18)20)8-4-11(16)5-9-15/h10-11H,2-9H2,1H3,(H2,17,19)(H2,18,20). The molecule has 2 amide bonds. The molecule has 0 aromatic rings. The Hall–Kier alpha value is -0.770. The Morgan fingerprint density at radius 1 is 0.900 bits per heavy atom. The molecule has 4 N–H and O–H groups in total. The largest absolute Gasteiger partial charge is 0.369 e. The number of carbonyl (C=O) groups excluding carboxylic acids is 2. The summed E-state index contributed by atoms with van der Waals surface area (Å²) in [4.78, 5) is 24.5. The molecule has 0 aliphatic heterocycles. The number of alkyl halides is 1. The van der Waals surface area contributed by atoms with Crippen molar-refractivity contribution in [2.24, 2.45) is 28.2 Å². The Morgan fingerprint density at radius 3 is 1.60 bits per heavy atom. The third-order valence-corrected chi connectivity index (χ3v) is 6.19. The molecule has 20 heavy (non-hydrogen) atoms. The van der Waals surface area contributed by atoms with Gasteiger partial charge in [0.25, 0.3) is 0 Å². The molecule has 0 bridgehead atoms. The van der Waals surface area contributed by atoms with E-state index in [1.54, 1.807) is 0 Å². The highest BCUT2D eigenvalue weighted by atomic mass is 35.5. The fourth-order valence-electron chi connectivity index (χ4n) is 4.25. The van der Waals surface area contributed by atoms with Gasteiger partial charge in [-0.2, -0.15) is 0 Å². The molecular formula is C15H25ClN2O2. The van der Waals surface area contributed by atoms with Crippen molar-refractivity contribution in [2.75, 3.05) is 0 Å². The molecule has 114 valence electrons. The van der Waals surface area contributed by atoms with E-state index < -0.39 is 10.8 Å². The molecule has 0 aromatic carbocycles. The first-order chi connectivity index (χ1) is 9.34. The maximum Gasteiger partial charge on any atom is 0.224 e. The summed E-state index contributed by atoms with van der Waals surface area (Å²) < 4.78 is 0. The number of hydrogen-bond donors (Lipinski definition) is 2. The highest BCUT2D eigenvalue weighted by Gasteiger charge is 2.59. The lowest BCUT2D eigenvalue weighted by Gasteiger charge is -2.52. The number of nitrogens with two attached hydrogens (primary N) is 2. The quantitative estimate of drug-likeness (QED) is 0.784. The van der Waals surface area contributed by atoms with Crippen molar-refractivity contribution in [1.29, 1.82) is 0 Å².